The Morgan fingerprint density at radius 3 is 2.69 bits per heavy atom. The van der Waals surface area contributed by atoms with E-state index in [4.69, 9.17) is 10.8 Å². The highest BCUT2D eigenvalue weighted by Crippen LogP contribution is 2.17. The lowest BCUT2D eigenvalue weighted by Crippen LogP contribution is -2.47. The predicted molar refractivity (Wildman–Crippen MR) is 46.0 cm³/mol. The summed E-state index contributed by atoms with van der Waals surface area (Å²) in [6.45, 7) is 2.08. The minimum atomic E-state index is -0.938. The maximum atomic E-state index is 11.4. The maximum absolute atomic E-state index is 11.4. The second-order valence-corrected chi connectivity index (χ2v) is 3.32. The molecule has 0 radical (unpaired) electrons. The van der Waals surface area contributed by atoms with E-state index in [0.29, 0.717) is 13.0 Å². The van der Waals surface area contributed by atoms with Gasteiger partial charge in [-0.25, -0.2) is 4.79 Å². The maximum Gasteiger partial charge on any atom is 0.326 e. The summed E-state index contributed by atoms with van der Waals surface area (Å²) in [5.41, 5.74) is 5.39. The summed E-state index contributed by atoms with van der Waals surface area (Å²) in [6, 6.07) is -1.28. The number of amides is 1. The monoisotopic (exact) mass is 186 g/mol. The van der Waals surface area contributed by atoms with Gasteiger partial charge in [-0.1, -0.05) is 0 Å². The summed E-state index contributed by atoms with van der Waals surface area (Å²) in [5, 5.41) is 8.78. The van der Waals surface area contributed by atoms with Crippen molar-refractivity contribution in [3.8, 4) is 0 Å². The Morgan fingerprint density at radius 1 is 1.62 bits per heavy atom. The highest BCUT2D eigenvalue weighted by molar-refractivity contribution is 5.87. The van der Waals surface area contributed by atoms with Gasteiger partial charge in [0.15, 0.2) is 0 Å². The van der Waals surface area contributed by atoms with Crippen LogP contribution in [0.25, 0.3) is 0 Å². The lowest BCUT2D eigenvalue weighted by Gasteiger charge is -2.22. The van der Waals surface area contributed by atoms with Crippen molar-refractivity contribution in [2.45, 2.75) is 31.8 Å². The number of likely N-dealkylation sites (tertiary alicyclic amines) is 1. The number of carboxylic acids is 1. The summed E-state index contributed by atoms with van der Waals surface area (Å²) in [7, 11) is 0. The molecule has 1 aliphatic rings. The van der Waals surface area contributed by atoms with Crippen LogP contribution in [0.15, 0.2) is 0 Å². The van der Waals surface area contributed by atoms with Crippen LogP contribution in [-0.2, 0) is 9.59 Å². The van der Waals surface area contributed by atoms with Crippen LogP contribution in [0, 0.1) is 0 Å². The molecule has 0 aromatic carbocycles. The fourth-order valence-corrected chi connectivity index (χ4v) is 1.55. The van der Waals surface area contributed by atoms with E-state index in [1.807, 2.05) is 0 Å². The van der Waals surface area contributed by atoms with Gasteiger partial charge >= 0.3 is 5.97 Å². The fraction of sp³-hybridized carbons (Fsp3) is 0.750. The summed E-state index contributed by atoms with van der Waals surface area (Å²) in [5.74, 6) is -1.21. The van der Waals surface area contributed by atoms with Crippen molar-refractivity contribution in [2.24, 2.45) is 5.73 Å². The average Bonchev–Trinajstić information content (AvgIpc) is 2.50. The first kappa shape index (κ1) is 9.98. The Labute approximate surface area is 76.5 Å². The zero-order valence-corrected chi connectivity index (χ0v) is 7.56. The zero-order valence-electron chi connectivity index (χ0n) is 7.56. The van der Waals surface area contributed by atoms with E-state index in [9.17, 15) is 9.59 Å². The van der Waals surface area contributed by atoms with Crippen LogP contribution < -0.4 is 5.73 Å². The average molecular weight is 186 g/mol. The number of nitrogens with two attached hydrogens (primary N) is 1. The van der Waals surface area contributed by atoms with Crippen LogP contribution in [-0.4, -0.2) is 40.5 Å². The second-order valence-electron chi connectivity index (χ2n) is 3.32. The van der Waals surface area contributed by atoms with E-state index < -0.39 is 18.1 Å². The van der Waals surface area contributed by atoms with E-state index >= 15 is 0 Å². The SMILES string of the molecule is C[C@@H](N)C(=O)N1CCC[C@@H]1C(=O)O. The zero-order chi connectivity index (χ0) is 10.0. The quantitative estimate of drug-likeness (QED) is 0.603. The van der Waals surface area contributed by atoms with Crippen LogP contribution in [0.2, 0.25) is 0 Å². The third-order valence-electron chi connectivity index (χ3n) is 2.21. The van der Waals surface area contributed by atoms with Gasteiger partial charge in [0.2, 0.25) is 5.91 Å². The number of carbonyl (C=O) groups excluding carboxylic acids is 1. The standard InChI is InChI=1S/C8H14N2O3/c1-5(9)7(11)10-4-2-3-6(10)8(12)13/h5-6H,2-4,9H2,1H3,(H,12,13)/t5-,6-/m1/s1. The minimum absolute atomic E-state index is 0.273. The van der Waals surface area contributed by atoms with Crippen molar-refractivity contribution >= 4 is 11.9 Å². The molecule has 1 amide bonds. The molecular weight excluding hydrogens is 172 g/mol. The van der Waals surface area contributed by atoms with Gasteiger partial charge in [0.1, 0.15) is 6.04 Å². The molecule has 0 bridgehead atoms. The molecular formula is C8H14N2O3. The predicted octanol–water partition coefficient (Wildman–Crippen LogP) is -0.591. The molecule has 74 valence electrons. The number of carboxylic acid groups (broad SMARTS) is 1. The number of hydrogen-bond acceptors (Lipinski definition) is 3. The Balaban J connectivity index is 2.68. The molecule has 5 nitrogen and oxygen atoms in total. The smallest absolute Gasteiger partial charge is 0.326 e. The molecule has 2 atom stereocenters. The molecule has 1 saturated heterocycles. The molecule has 1 heterocycles. The fourth-order valence-electron chi connectivity index (χ4n) is 1.55. The Bertz CT molecular complexity index is 227. The molecule has 5 heteroatoms. The van der Waals surface area contributed by atoms with Gasteiger partial charge in [-0.2, -0.15) is 0 Å². The van der Waals surface area contributed by atoms with E-state index in [-0.39, 0.29) is 5.91 Å². The Kier molecular flexibility index (Phi) is 2.87. The van der Waals surface area contributed by atoms with Crippen molar-refractivity contribution in [3.05, 3.63) is 0 Å². The highest BCUT2D eigenvalue weighted by atomic mass is 16.4. The summed E-state index contributed by atoms with van der Waals surface area (Å²) in [4.78, 5) is 23.5. The van der Waals surface area contributed by atoms with Crippen LogP contribution >= 0.6 is 0 Å². The van der Waals surface area contributed by atoms with E-state index in [1.54, 1.807) is 6.92 Å². The van der Waals surface area contributed by atoms with Gasteiger partial charge in [0.05, 0.1) is 6.04 Å². The number of carbonyl (C=O) groups is 2. The number of nitrogens with zero attached hydrogens (tertiary/aromatic N) is 1. The lowest BCUT2D eigenvalue weighted by molar-refractivity contribution is -0.148. The number of rotatable bonds is 2. The third kappa shape index (κ3) is 1.98. The Morgan fingerprint density at radius 2 is 2.23 bits per heavy atom. The molecule has 0 saturated carbocycles. The van der Waals surface area contributed by atoms with Crippen molar-refractivity contribution in [1.29, 1.82) is 0 Å². The summed E-state index contributed by atoms with van der Waals surface area (Å²) < 4.78 is 0. The van der Waals surface area contributed by atoms with Gasteiger partial charge in [0.25, 0.3) is 0 Å². The van der Waals surface area contributed by atoms with Gasteiger partial charge in [0, 0.05) is 6.54 Å². The first-order valence-corrected chi connectivity index (χ1v) is 4.33. The van der Waals surface area contributed by atoms with Crippen molar-refractivity contribution in [2.75, 3.05) is 6.54 Å². The first-order chi connectivity index (χ1) is 6.04. The summed E-state index contributed by atoms with van der Waals surface area (Å²) >= 11 is 0. The third-order valence-corrected chi connectivity index (χ3v) is 2.21. The first-order valence-electron chi connectivity index (χ1n) is 4.33. The molecule has 1 fully saturated rings. The molecule has 3 N–H and O–H groups in total. The normalized spacial score (nSPS) is 24.5. The van der Waals surface area contributed by atoms with Gasteiger partial charge in [-0.3, -0.25) is 4.79 Å². The van der Waals surface area contributed by atoms with Crippen LogP contribution in [0.3, 0.4) is 0 Å². The van der Waals surface area contributed by atoms with E-state index in [0.717, 1.165) is 6.42 Å². The van der Waals surface area contributed by atoms with Gasteiger partial charge < -0.3 is 15.7 Å². The van der Waals surface area contributed by atoms with E-state index in [1.165, 1.54) is 4.90 Å². The van der Waals surface area contributed by atoms with Crippen LogP contribution in [0.1, 0.15) is 19.8 Å². The topological polar surface area (TPSA) is 83.6 Å². The molecule has 1 aliphatic heterocycles. The highest BCUT2D eigenvalue weighted by Gasteiger charge is 2.34. The Hall–Kier alpha value is -1.10. The molecule has 0 aromatic heterocycles. The number of aliphatic carboxylic acids is 1. The van der Waals surface area contributed by atoms with Crippen molar-refractivity contribution < 1.29 is 14.7 Å². The molecule has 1 rings (SSSR count). The van der Waals surface area contributed by atoms with Gasteiger partial charge in [-0.05, 0) is 19.8 Å². The lowest BCUT2D eigenvalue weighted by atomic mass is 10.2. The molecule has 0 aromatic rings. The van der Waals surface area contributed by atoms with Crippen molar-refractivity contribution in [3.63, 3.8) is 0 Å². The molecule has 0 aliphatic carbocycles. The minimum Gasteiger partial charge on any atom is -0.480 e. The molecule has 0 spiro atoms. The molecule has 0 unspecified atom stereocenters. The summed E-state index contributed by atoms with van der Waals surface area (Å²) in [6.07, 6.45) is 1.28. The van der Waals surface area contributed by atoms with Crippen LogP contribution in [0.4, 0.5) is 0 Å². The van der Waals surface area contributed by atoms with Gasteiger partial charge in [-0.15, -0.1) is 0 Å². The van der Waals surface area contributed by atoms with Crippen molar-refractivity contribution in [1.82, 2.24) is 4.90 Å². The second kappa shape index (κ2) is 3.74. The molecule has 13 heavy (non-hydrogen) atoms. The largest absolute Gasteiger partial charge is 0.480 e. The number of hydrogen-bond donors (Lipinski definition) is 2. The van der Waals surface area contributed by atoms with E-state index in [2.05, 4.69) is 0 Å². The van der Waals surface area contributed by atoms with Crippen LogP contribution in [0.5, 0.6) is 0 Å².